The van der Waals surface area contributed by atoms with E-state index in [0.717, 1.165) is 60.8 Å². The normalized spacial score (nSPS) is 15.7. The SMILES string of the molecule is C.CCCCCc1cc(C)c(O)c(C=NC2CCCCC2N=Cc2cc(CCCC[N+](CCCC)(CCCC)CCCC)cc(C)c2O)c1.O=C(O)O.[Cr]. The molecule has 9 heteroatoms. The average molecular weight is 791 g/mol. The van der Waals surface area contributed by atoms with Crippen LogP contribution in [0.5, 0.6) is 11.5 Å². The predicted molar refractivity (Wildman–Crippen MR) is 225 cm³/mol. The number of hydrogen-bond acceptors (Lipinski definition) is 5. The number of hydrogen-bond donors (Lipinski definition) is 4. The standard InChI is InChI=1S/C43H69N3O2.CH2O3.CH4.Cr/c1-7-11-15-20-36-28-34(5)42(47)38(30-36)32-44-40-22-16-17-23-41(40)45-33-39-31-37(29-35(6)43(39)48)21-18-19-27-46(24-12-8-2,25-13-9-3)26-14-10-4;2-1(3)4;;/h28-33,40-41H,7-27H2,1-6H3,(H-,44,45,47,48);(H2,2,3,4);1H4;/p+1. The summed E-state index contributed by atoms with van der Waals surface area (Å²) in [7, 11) is 0. The number of phenolic OH excluding ortho intramolecular Hbond substituents is 2. The van der Waals surface area contributed by atoms with E-state index in [0.29, 0.717) is 11.5 Å². The van der Waals surface area contributed by atoms with Crippen molar-refractivity contribution >= 4 is 18.6 Å². The summed E-state index contributed by atoms with van der Waals surface area (Å²) in [5, 5.41) is 35.7. The number of aromatic hydroxyl groups is 2. The van der Waals surface area contributed by atoms with Gasteiger partial charge in [-0.3, -0.25) is 9.98 Å². The van der Waals surface area contributed by atoms with Gasteiger partial charge < -0.3 is 24.9 Å². The molecule has 54 heavy (non-hydrogen) atoms. The fraction of sp³-hybridized carbons (Fsp3) is 0.667. The summed E-state index contributed by atoms with van der Waals surface area (Å²) in [6.45, 7) is 18.5. The van der Waals surface area contributed by atoms with E-state index in [-0.39, 0.29) is 36.9 Å². The smallest absolute Gasteiger partial charge is 0.503 e. The average Bonchev–Trinajstić information content (AvgIpc) is 3.12. The maximum Gasteiger partial charge on any atom is 0.503 e. The first-order valence-electron chi connectivity index (χ1n) is 20.5. The molecule has 2 aromatic rings. The van der Waals surface area contributed by atoms with E-state index in [1.165, 1.54) is 112 Å². The Balaban J connectivity index is 0.00000445. The molecule has 2 aromatic carbocycles. The van der Waals surface area contributed by atoms with Gasteiger partial charge in [-0.15, -0.1) is 0 Å². The minimum Gasteiger partial charge on any atom is -0.507 e. The number of quaternary nitrogens is 1. The van der Waals surface area contributed by atoms with Gasteiger partial charge in [0.2, 0.25) is 0 Å². The third kappa shape index (κ3) is 18.7. The molecule has 1 saturated carbocycles. The Morgan fingerprint density at radius 1 is 0.648 bits per heavy atom. The second kappa shape index (κ2) is 28.5. The van der Waals surface area contributed by atoms with Gasteiger partial charge in [0.25, 0.3) is 0 Å². The maximum atomic E-state index is 11.0. The van der Waals surface area contributed by atoms with Gasteiger partial charge in [-0.1, -0.05) is 92.2 Å². The number of nitrogens with zero attached hydrogens (tertiary/aromatic N) is 3. The Kier molecular flexibility index (Phi) is 27.0. The number of aryl methyl sites for hydroxylation is 4. The number of benzene rings is 2. The number of unbranched alkanes of at least 4 members (excludes halogenated alkanes) is 6. The van der Waals surface area contributed by atoms with Crippen molar-refractivity contribution in [1.82, 2.24) is 0 Å². The molecular weight excluding hydrogens is 715 g/mol. The Hall–Kier alpha value is -2.86. The van der Waals surface area contributed by atoms with E-state index in [1.54, 1.807) is 0 Å². The van der Waals surface area contributed by atoms with Crippen LogP contribution in [0.1, 0.15) is 165 Å². The number of aliphatic imine (C=N–C) groups is 2. The second-order valence-electron chi connectivity index (χ2n) is 15.2. The van der Waals surface area contributed by atoms with E-state index < -0.39 is 6.16 Å². The number of carbonyl (C=O) groups is 1. The van der Waals surface area contributed by atoms with E-state index in [4.69, 9.17) is 25.0 Å². The number of rotatable bonds is 22. The van der Waals surface area contributed by atoms with Crippen molar-refractivity contribution in [3.8, 4) is 11.5 Å². The first-order valence-corrected chi connectivity index (χ1v) is 20.5. The minimum absolute atomic E-state index is 0. The molecule has 2 unspecified atom stereocenters. The molecule has 0 bridgehead atoms. The van der Waals surface area contributed by atoms with Gasteiger partial charge in [0.1, 0.15) is 11.5 Å². The van der Waals surface area contributed by atoms with Crippen LogP contribution in [0.2, 0.25) is 0 Å². The zero-order valence-electron chi connectivity index (χ0n) is 33.9. The van der Waals surface area contributed by atoms with Crippen molar-refractivity contribution in [3.05, 3.63) is 57.6 Å². The van der Waals surface area contributed by atoms with Gasteiger partial charge in [-0.05, 0) is 112 Å². The molecule has 1 fully saturated rings. The summed E-state index contributed by atoms with van der Waals surface area (Å²) in [4.78, 5) is 18.6. The second-order valence-corrected chi connectivity index (χ2v) is 15.2. The Morgan fingerprint density at radius 3 is 1.37 bits per heavy atom. The zero-order chi connectivity index (χ0) is 38.4. The molecule has 1 aliphatic carbocycles. The van der Waals surface area contributed by atoms with Crippen molar-refractivity contribution in [3.63, 3.8) is 0 Å². The molecule has 0 aromatic heterocycles. The zero-order valence-corrected chi connectivity index (χ0v) is 35.2. The van der Waals surface area contributed by atoms with Gasteiger partial charge in [0, 0.05) is 40.9 Å². The predicted octanol–water partition coefficient (Wildman–Crippen LogP) is 11.7. The summed E-state index contributed by atoms with van der Waals surface area (Å²) in [5.74, 6) is 0.673. The van der Waals surface area contributed by atoms with Gasteiger partial charge in [-0.25, -0.2) is 4.79 Å². The van der Waals surface area contributed by atoms with Gasteiger partial charge >= 0.3 is 6.16 Å². The first-order chi connectivity index (χ1) is 25.0. The monoisotopic (exact) mass is 791 g/mol. The van der Waals surface area contributed by atoms with Crippen LogP contribution < -0.4 is 0 Å². The Labute approximate surface area is 340 Å². The maximum absolute atomic E-state index is 11.0. The molecule has 0 saturated heterocycles. The summed E-state index contributed by atoms with van der Waals surface area (Å²) in [6, 6.07) is 8.70. The third-order valence-corrected chi connectivity index (χ3v) is 10.7. The molecule has 1 aliphatic rings. The molecule has 0 spiro atoms. The third-order valence-electron chi connectivity index (χ3n) is 10.7. The van der Waals surface area contributed by atoms with Crippen LogP contribution in [0, 0.1) is 13.8 Å². The van der Waals surface area contributed by atoms with Crippen molar-refractivity contribution < 1.29 is 47.1 Å². The van der Waals surface area contributed by atoms with Crippen LogP contribution in [-0.4, -0.2) is 81.8 Å². The molecule has 2 atom stereocenters. The molecular formula is C45H76CrN3O5+. The first kappa shape index (κ1) is 51.1. The summed E-state index contributed by atoms with van der Waals surface area (Å²) < 4.78 is 1.30. The molecule has 0 aliphatic heterocycles. The largest absolute Gasteiger partial charge is 0.507 e. The molecule has 306 valence electrons. The number of phenols is 2. The molecule has 4 N–H and O–H groups in total. The van der Waals surface area contributed by atoms with E-state index >= 15 is 0 Å². The summed E-state index contributed by atoms with van der Waals surface area (Å²) in [5.41, 5.74) is 6.04. The summed E-state index contributed by atoms with van der Waals surface area (Å²) in [6.07, 6.45) is 22.1. The van der Waals surface area contributed by atoms with Crippen molar-refractivity contribution in [1.29, 1.82) is 0 Å². The van der Waals surface area contributed by atoms with Crippen LogP contribution in [0.3, 0.4) is 0 Å². The minimum atomic E-state index is -1.83. The molecule has 8 nitrogen and oxygen atoms in total. The van der Waals surface area contributed by atoms with Crippen molar-refractivity contribution in [2.24, 2.45) is 9.98 Å². The van der Waals surface area contributed by atoms with Crippen LogP contribution in [-0.2, 0) is 30.2 Å². The van der Waals surface area contributed by atoms with E-state index in [1.807, 2.05) is 26.3 Å². The Bertz CT molecular complexity index is 1370. The van der Waals surface area contributed by atoms with Crippen LogP contribution in [0.4, 0.5) is 4.79 Å². The van der Waals surface area contributed by atoms with Gasteiger partial charge in [0.05, 0.1) is 38.3 Å². The number of carboxylic acid groups (broad SMARTS) is 2. The molecule has 0 radical (unpaired) electrons. The van der Waals surface area contributed by atoms with Gasteiger partial charge in [-0.2, -0.15) is 0 Å². The Morgan fingerprint density at radius 2 is 1.00 bits per heavy atom. The fourth-order valence-corrected chi connectivity index (χ4v) is 7.55. The van der Waals surface area contributed by atoms with E-state index in [9.17, 15) is 10.2 Å². The molecule has 0 heterocycles. The molecule has 0 amide bonds. The van der Waals surface area contributed by atoms with Gasteiger partial charge in [0.15, 0.2) is 0 Å². The van der Waals surface area contributed by atoms with Crippen molar-refractivity contribution in [2.45, 2.75) is 170 Å². The van der Waals surface area contributed by atoms with Crippen molar-refractivity contribution in [2.75, 3.05) is 26.2 Å². The topological polar surface area (TPSA) is 123 Å². The van der Waals surface area contributed by atoms with Crippen LogP contribution >= 0.6 is 0 Å². The quantitative estimate of drug-likeness (QED) is 0.0537. The molecule has 3 rings (SSSR count). The fourth-order valence-electron chi connectivity index (χ4n) is 7.55. The van der Waals surface area contributed by atoms with E-state index in [2.05, 4.69) is 52.0 Å². The summed E-state index contributed by atoms with van der Waals surface area (Å²) >= 11 is 0. The van der Waals surface area contributed by atoms with Crippen LogP contribution in [0.15, 0.2) is 34.3 Å². The van der Waals surface area contributed by atoms with Crippen LogP contribution in [0.25, 0.3) is 0 Å².